The van der Waals surface area contributed by atoms with E-state index in [1.807, 2.05) is 48.5 Å². The number of para-hydroxylation sites is 2. The summed E-state index contributed by atoms with van der Waals surface area (Å²) in [6, 6.07) is 30.2. The van der Waals surface area contributed by atoms with Crippen LogP contribution in [0.25, 0.3) is 66.8 Å². The topological polar surface area (TPSA) is 148 Å². The van der Waals surface area contributed by atoms with E-state index in [1.54, 1.807) is 36.4 Å². The monoisotopic (exact) mass is 608 g/mol. The fraction of sp³-hybridized carbons (Fsp3) is 0.111. The quantitative estimate of drug-likeness (QED) is 0.152. The molecular formula is C36H28N6O4. The Labute approximate surface area is 261 Å². The highest BCUT2D eigenvalue weighted by molar-refractivity contribution is 5.88. The molecule has 0 aliphatic carbocycles. The maximum atomic E-state index is 12.9. The number of unbranched alkanes of at least 4 members (excludes halogenated alkanes) is 1. The molecule has 4 heterocycles. The van der Waals surface area contributed by atoms with Gasteiger partial charge in [0.05, 0.1) is 21.8 Å². The molecule has 4 aromatic heterocycles. The van der Waals surface area contributed by atoms with Crippen LogP contribution in [0.15, 0.2) is 115 Å². The van der Waals surface area contributed by atoms with E-state index in [2.05, 4.69) is 31.2 Å². The van der Waals surface area contributed by atoms with Gasteiger partial charge >= 0.3 is 11.3 Å². The summed E-state index contributed by atoms with van der Waals surface area (Å²) in [5.74, 6) is 0.521. The number of hydrogen-bond acceptors (Lipinski definition) is 8. The van der Waals surface area contributed by atoms with Crippen molar-refractivity contribution in [3.63, 3.8) is 0 Å². The van der Waals surface area contributed by atoms with Crippen molar-refractivity contribution >= 4 is 55.0 Å². The van der Waals surface area contributed by atoms with Crippen LogP contribution in [0.5, 0.6) is 0 Å². The predicted octanol–water partition coefficient (Wildman–Crippen LogP) is 6.58. The summed E-state index contributed by atoms with van der Waals surface area (Å²) in [6.45, 7) is 1.32. The highest BCUT2D eigenvalue weighted by atomic mass is 16.4. The number of nitrogen functional groups attached to an aromatic ring is 2. The zero-order valence-corrected chi connectivity index (χ0v) is 24.6. The highest BCUT2D eigenvalue weighted by Gasteiger charge is 2.18. The van der Waals surface area contributed by atoms with E-state index >= 15 is 0 Å². The summed E-state index contributed by atoms with van der Waals surface area (Å²) in [7, 11) is 0. The molecule has 0 aliphatic heterocycles. The van der Waals surface area contributed by atoms with Gasteiger partial charge in [0, 0.05) is 46.3 Å². The van der Waals surface area contributed by atoms with Crippen LogP contribution in [-0.4, -0.2) is 19.1 Å². The van der Waals surface area contributed by atoms with Crippen LogP contribution in [-0.2, 0) is 13.1 Å². The van der Waals surface area contributed by atoms with Gasteiger partial charge in [-0.1, -0.05) is 36.4 Å². The number of aryl methyl sites for hydroxylation is 2. The van der Waals surface area contributed by atoms with Gasteiger partial charge in [-0.3, -0.25) is 0 Å². The van der Waals surface area contributed by atoms with Gasteiger partial charge in [-0.25, -0.2) is 19.6 Å². The van der Waals surface area contributed by atoms with Crippen molar-refractivity contribution in [2.75, 3.05) is 11.5 Å². The van der Waals surface area contributed by atoms with Gasteiger partial charge in [-0.2, -0.15) is 0 Å². The number of nitrogens with two attached hydrogens (primary N) is 2. The Morgan fingerprint density at radius 1 is 0.565 bits per heavy atom. The number of aromatic nitrogens is 4. The third-order valence-corrected chi connectivity index (χ3v) is 8.38. The summed E-state index contributed by atoms with van der Waals surface area (Å²) in [4.78, 5) is 35.2. The van der Waals surface area contributed by atoms with Crippen molar-refractivity contribution in [3.8, 4) is 23.2 Å². The standard InChI is InChI=1S/C36H28N6O4/c37-23-11-13-27-25(19-23)35(43)45-33(39-27)31-17-21-7-1-3-9-29(21)41(31)15-5-6-16-42-30-10-4-2-8-22(30)18-32(42)34-40-28-14-12-24(38)20-26(28)36(44)46-34/h1-4,7-14,17-20H,5-6,15-16,37-38H2. The van der Waals surface area contributed by atoms with Gasteiger partial charge in [-0.15, -0.1) is 0 Å². The molecule has 10 nitrogen and oxygen atoms in total. The molecule has 8 aromatic rings. The first-order chi connectivity index (χ1) is 22.4. The normalized spacial score (nSPS) is 11.7. The molecule has 4 aromatic carbocycles. The van der Waals surface area contributed by atoms with Gasteiger partial charge in [0.1, 0.15) is 11.4 Å². The summed E-state index contributed by atoms with van der Waals surface area (Å²) in [5, 5.41) is 2.75. The van der Waals surface area contributed by atoms with Crippen molar-refractivity contribution < 1.29 is 8.83 Å². The minimum Gasteiger partial charge on any atom is -0.401 e. The van der Waals surface area contributed by atoms with Crippen LogP contribution < -0.4 is 22.7 Å². The van der Waals surface area contributed by atoms with Gasteiger partial charge < -0.3 is 29.4 Å². The second-order valence-electron chi connectivity index (χ2n) is 11.4. The molecule has 0 saturated carbocycles. The fourth-order valence-electron chi connectivity index (χ4n) is 6.20. The number of rotatable bonds is 7. The van der Waals surface area contributed by atoms with Gasteiger partial charge in [-0.05, 0) is 73.5 Å². The predicted molar refractivity (Wildman–Crippen MR) is 180 cm³/mol. The van der Waals surface area contributed by atoms with E-state index < -0.39 is 11.3 Å². The summed E-state index contributed by atoms with van der Waals surface area (Å²) >= 11 is 0. The van der Waals surface area contributed by atoms with Crippen LogP contribution in [0.1, 0.15) is 12.8 Å². The molecule has 226 valence electrons. The molecule has 0 unspecified atom stereocenters. The van der Waals surface area contributed by atoms with Crippen LogP contribution in [0.3, 0.4) is 0 Å². The Bertz CT molecular complexity index is 2400. The van der Waals surface area contributed by atoms with Crippen molar-refractivity contribution in [2.45, 2.75) is 25.9 Å². The van der Waals surface area contributed by atoms with Gasteiger partial charge in [0.2, 0.25) is 11.8 Å². The first-order valence-corrected chi connectivity index (χ1v) is 15.0. The van der Waals surface area contributed by atoms with E-state index in [0.29, 0.717) is 46.3 Å². The number of hydrogen-bond donors (Lipinski definition) is 2. The molecule has 0 atom stereocenters. The van der Waals surface area contributed by atoms with Gasteiger partial charge in [0.25, 0.3) is 0 Å². The number of anilines is 2. The second kappa shape index (κ2) is 10.8. The van der Waals surface area contributed by atoms with E-state index in [4.69, 9.17) is 20.3 Å². The van der Waals surface area contributed by atoms with E-state index in [-0.39, 0.29) is 11.8 Å². The van der Waals surface area contributed by atoms with Crippen LogP contribution in [0.2, 0.25) is 0 Å². The maximum absolute atomic E-state index is 12.9. The Balaban J connectivity index is 1.12. The maximum Gasteiger partial charge on any atom is 0.347 e. The Hall–Kier alpha value is -6.16. The first kappa shape index (κ1) is 27.4. The average molecular weight is 609 g/mol. The third kappa shape index (κ3) is 4.67. The molecule has 0 aliphatic rings. The van der Waals surface area contributed by atoms with E-state index in [9.17, 15) is 9.59 Å². The molecular weight excluding hydrogens is 580 g/mol. The van der Waals surface area contributed by atoms with Gasteiger partial charge in [0.15, 0.2) is 0 Å². The molecule has 0 spiro atoms. The lowest BCUT2D eigenvalue weighted by molar-refractivity contribution is 0.502. The molecule has 0 fully saturated rings. The third-order valence-electron chi connectivity index (χ3n) is 8.38. The van der Waals surface area contributed by atoms with E-state index in [0.717, 1.165) is 46.0 Å². The van der Waals surface area contributed by atoms with Crippen LogP contribution >= 0.6 is 0 Å². The lowest BCUT2D eigenvalue weighted by Gasteiger charge is -2.13. The molecule has 4 N–H and O–H groups in total. The molecule has 8 rings (SSSR count). The van der Waals surface area contributed by atoms with Crippen LogP contribution in [0, 0.1) is 0 Å². The number of fused-ring (bicyclic) bond motifs is 4. The van der Waals surface area contributed by atoms with Crippen molar-refractivity contribution in [1.82, 2.24) is 19.1 Å². The average Bonchev–Trinajstić information content (AvgIpc) is 3.62. The molecule has 46 heavy (non-hydrogen) atoms. The second-order valence-corrected chi connectivity index (χ2v) is 11.4. The smallest absolute Gasteiger partial charge is 0.347 e. The molecule has 0 radical (unpaired) electrons. The largest absolute Gasteiger partial charge is 0.401 e. The lowest BCUT2D eigenvalue weighted by atomic mass is 10.2. The summed E-state index contributed by atoms with van der Waals surface area (Å²) in [5.41, 5.74) is 16.3. The molecule has 0 saturated heterocycles. The zero-order chi connectivity index (χ0) is 31.4. The Kier molecular flexibility index (Phi) is 6.42. The lowest BCUT2D eigenvalue weighted by Crippen LogP contribution is -2.08. The summed E-state index contributed by atoms with van der Waals surface area (Å²) in [6.07, 6.45) is 1.61. The summed E-state index contributed by atoms with van der Waals surface area (Å²) < 4.78 is 15.8. The van der Waals surface area contributed by atoms with Crippen molar-refractivity contribution in [1.29, 1.82) is 0 Å². The fourth-order valence-corrected chi connectivity index (χ4v) is 6.20. The minimum absolute atomic E-state index is 0.260. The molecule has 0 bridgehead atoms. The molecule has 10 heteroatoms. The van der Waals surface area contributed by atoms with Crippen molar-refractivity contribution in [2.24, 2.45) is 0 Å². The minimum atomic E-state index is -0.478. The zero-order valence-electron chi connectivity index (χ0n) is 24.6. The Morgan fingerprint density at radius 2 is 1.00 bits per heavy atom. The van der Waals surface area contributed by atoms with Crippen molar-refractivity contribution in [3.05, 3.63) is 118 Å². The number of nitrogens with zero attached hydrogens (tertiary/aromatic N) is 4. The SMILES string of the molecule is Nc1ccc2nc(-c3cc4ccccc4n3CCCCn3c(-c4nc5ccc(N)cc5c(=O)o4)cc4ccccc43)oc(=O)c2c1. The Morgan fingerprint density at radius 3 is 1.46 bits per heavy atom. The van der Waals surface area contributed by atoms with Crippen LogP contribution in [0.4, 0.5) is 11.4 Å². The number of benzene rings is 4. The molecule has 0 amide bonds. The highest BCUT2D eigenvalue weighted by Crippen LogP contribution is 2.31. The van der Waals surface area contributed by atoms with E-state index in [1.165, 1.54) is 0 Å². The first-order valence-electron chi connectivity index (χ1n) is 15.0.